The summed E-state index contributed by atoms with van der Waals surface area (Å²) in [6.07, 6.45) is 7.57. The molecule has 0 unspecified atom stereocenters. The highest BCUT2D eigenvalue weighted by Gasteiger charge is 2.18. The number of benzene rings is 2. The summed E-state index contributed by atoms with van der Waals surface area (Å²) in [5.41, 5.74) is 1.31. The van der Waals surface area contributed by atoms with Crippen molar-refractivity contribution in [2.75, 3.05) is 7.11 Å². The van der Waals surface area contributed by atoms with E-state index < -0.39 is 0 Å². The lowest BCUT2D eigenvalue weighted by Gasteiger charge is -2.21. The summed E-state index contributed by atoms with van der Waals surface area (Å²) < 4.78 is 26.6. The van der Waals surface area contributed by atoms with Crippen molar-refractivity contribution in [2.24, 2.45) is 0 Å². The van der Waals surface area contributed by atoms with E-state index in [4.69, 9.17) is 21.1 Å². The molecule has 0 aromatic heterocycles. The van der Waals surface area contributed by atoms with Gasteiger partial charge in [0.25, 0.3) is 0 Å². The van der Waals surface area contributed by atoms with Crippen LogP contribution in [0, 0.1) is 5.82 Å². The predicted octanol–water partition coefficient (Wildman–Crippen LogP) is 6.64. The van der Waals surface area contributed by atoms with E-state index in [-0.39, 0.29) is 12.4 Å². The van der Waals surface area contributed by atoms with E-state index in [0.717, 1.165) is 10.0 Å². The molecule has 0 saturated heterocycles. The van der Waals surface area contributed by atoms with Gasteiger partial charge in [-0.25, -0.2) is 4.39 Å². The first-order chi connectivity index (χ1) is 13.6. The van der Waals surface area contributed by atoms with Gasteiger partial charge in [-0.1, -0.05) is 59.3 Å². The largest absolute Gasteiger partial charge is 0.493 e. The molecule has 0 amide bonds. The van der Waals surface area contributed by atoms with Gasteiger partial charge in [-0.05, 0) is 37.1 Å². The Morgan fingerprint density at radius 1 is 1.11 bits per heavy atom. The number of methoxy groups -OCH3 is 1. The quantitative estimate of drug-likeness (QED) is 0.460. The minimum Gasteiger partial charge on any atom is -0.493 e. The zero-order valence-electron chi connectivity index (χ0n) is 16.1. The first-order valence-electron chi connectivity index (χ1n) is 9.74. The summed E-state index contributed by atoms with van der Waals surface area (Å²) in [5, 5.41) is 4.02. The van der Waals surface area contributed by atoms with Crippen LogP contribution in [0.4, 0.5) is 4.39 Å². The van der Waals surface area contributed by atoms with Gasteiger partial charge in [0.15, 0.2) is 11.5 Å². The van der Waals surface area contributed by atoms with Crippen LogP contribution in [0.1, 0.15) is 49.7 Å². The molecule has 28 heavy (non-hydrogen) atoms. The van der Waals surface area contributed by atoms with Crippen LogP contribution < -0.4 is 14.8 Å². The van der Waals surface area contributed by atoms with Gasteiger partial charge in [0.2, 0.25) is 0 Å². The summed E-state index contributed by atoms with van der Waals surface area (Å²) in [6, 6.07) is 8.94. The Bertz CT molecular complexity index is 774. The number of halogens is 3. The smallest absolute Gasteiger partial charge is 0.167 e. The summed E-state index contributed by atoms with van der Waals surface area (Å²) >= 11 is 9.78. The second-order valence-corrected chi connectivity index (χ2v) is 8.38. The molecule has 0 heterocycles. The Kier molecular flexibility index (Phi) is 8.00. The maximum absolute atomic E-state index is 14.1. The Labute approximate surface area is 179 Å². The van der Waals surface area contributed by atoms with Crippen molar-refractivity contribution in [1.29, 1.82) is 0 Å². The zero-order chi connectivity index (χ0) is 19.9. The van der Waals surface area contributed by atoms with Gasteiger partial charge in [0, 0.05) is 28.2 Å². The first kappa shape index (κ1) is 21.4. The van der Waals surface area contributed by atoms with Gasteiger partial charge in [-0.3, -0.25) is 0 Å². The second-order valence-electron chi connectivity index (χ2n) is 7.12. The van der Waals surface area contributed by atoms with E-state index in [9.17, 15) is 4.39 Å². The van der Waals surface area contributed by atoms with Crippen LogP contribution in [-0.2, 0) is 13.2 Å². The molecule has 1 aliphatic carbocycles. The standard InChI is InChI=1S/C22H26BrClFNO2/c1-27-21-12-11-18(23)16(13-26-15-7-4-2-3-5-8-15)22(21)28-14-17-19(24)9-6-10-20(17)25/h6,9-12,15,26H,2-5,7-8,13-14H2,1H3. The number of nitrogens with one attached hydrogen (secondary N) is 1. The summed E-state index contributed by atoms with van der Waals surface area (Å²) in [6.45, 7) is 0.692. The molecule has 0 radical (unpaired) electrons. The number of rotatable bonds is 7. The van der Waals surface area contributed by atoms with Crippen molar-refractivity contribution < 1.29 is 13.9 Å². The third kappa shape index (κ3) is 5.40. The fourth-order valence-electron chi connectivity index (χ4n) is 3.61. The highest BCUT2D eigenvalue weighted by atomic mass is 79.9. The summed E-state index contributed by atoms with van der Waals surface area (Å²) in [7, 11) is 1.61. The minimum atomic E-state index is -0.375. The van der Waals surface area contributed by atoms with Crippen LogP contribution >= 0.6 is 27.5 Å². The van der Waals surface area contributed by atoms with E-state index in [2.05, 4.69) is 21.2 Å². The molecule has 3 rings (SSSR count). The minimum absolute atomic E-state index is 0.0365. The van der Waals surface area contributed by atoms with Crippen LogP contribution in [0.5, 0.6) is 11.5 Å². The Balaban J connectivity index is 1.79. The SMILES string of the molecule is COc1ccc(Br)c(CNC2CCCCCC2)c1OCc1c(F)cccc1Cl. The van der Waals surface area contributed by atoms with Crippen molar-refractivity contribution in [3.05, 3.63) is 56.8 Å². The van der Waals surface area contributed by atoms with Gasteiger partial charge in [0.05, 0.1) is 12.1 Å². The molecular formula is C22H26BrClFNO2. The second kappa shape index (κ2) is 10.5. The van der Waals surface area contributed by atoms with Crippen LogP contribution in [0.2, 0.25) is 5.02 Å². The van der Waals surface area contributed by atoms with Crippen LogP contribution in [-0.4, -0.2) is 13.2 Å². The fraction of sp³-hybridized carbons (Fsp3) is 0.455. The van der Waals surface area contributed by atoms with Crippen molar-refractivity contribution in [3.63, 3.8) is 0 Å². The van der Waals surface area contributed by atoms with Crippen molar-refractivity contribution >= 4 is 27.5 Å². The molecule has 1 fully saturated rings. The van der Waals surface area contributed by atoms with Crippen molar-refractivity contribution in [3.8, 4) is 11.5 Å². The maximum atomic E-state index is 14.1. The molecule has 2 aromatic rings. The van der Waals surface area contributed by atoms with Gasteiger partial charge in [-0.2, -0.15) is 0 Å². The molecule has 3 nitrogen and oxygen atoms in total. The molecule has 1 saturated carbocycles. The number of hydrogen-bond acceptors (Lipinski definition) is 3. The van der Waals surface area contributed by atoms with Crippen LogP contribution in [0.25, 0.3) is 0 Å². The fourth-order valence-corrected chi connectivity index (χ4v) is 4.28. The molecule has 0 atom stereocenters. The number of ether oxygens (including phenoxy) is 2. The molecule has 6 heteroatoms. The average molecular weight is 471 g/mol. The molecule has 1 aliphatic rings. The topological polar surface area (TPSA) is 30.5 Å². The third-order valence-corrected chi connectivity index (χ3v) is 6.33. The van der Waals surface area contributed by atoms with Gasteiger partial charge >= 0.3 is 0 Å². The predicted molar refractivity (Wildman–Crippen MR) is 115 cm³/mol. The molecule has 2 aromatic carbocycles. The molecular weight excluding hydrogens is 445 g/mol. The highest BCUT2D eigenvalue weighted by Crippen LogP contribution is 2.37. The lowest BCUT2D eigenvalue weighted by molar-refractivity contribution is 0.275. The normalized spacial score (nSPS) is 15.3. The highest BCUT2D eigenvalue weighted by molar-refractivity contribution is 9.10. The summed E-state index contributed by atoms with van der Waals surface area (Å²) in [4.78, 5) is 0. The Morgan fingerprint density at radius 2 is 1.86 bits per heavy atom. The zero-order valence-corrected chi connectivity index (χ0v) is 18.4. The molecule has 0 spiro atoms. The Hall–Kier alpha value is -1.30. The third-order valence-electron chi connectivity index (χ3n) is 5.23. The van der Waals surface area contributed by atoms with Crippen molar-refractivity contribution in [1.82, 2.24) is 5.32 Å². The van der Waals surface area contributed by atoms with E-state index >= 15 is 0 Å². The van der Waals surface area contributed by atoms with Crippen LogP contribution in [0.3, 0.4) is 0 Å². The molecule has 1 N–H and O–H groups in total. The van der Waals surface area contributed by atoms with E-state index in [1.165, 1.54) is 44.6 Å². The van der Waals surface area contributed by atoms with Crippen molar-refractivity contribution in [2.45, 2.75) is 57.7 Å². The summed E-state index contributed by atoms with van der Waals surface area (Å²) in [5.74, 6) is 0.852. The van der Waals surface area contributed by atoms with Crippen LogP contribution in [0.15, 0.2) is 34.8 Å². The molecule has 152 valence electrons. The monoisotopic (exact) mass is 469 g/mol. The van der Waals surface area contributed by atoms with Gasteiger partial charge in [-0.15, -0.1) is 0 Å². The van der Waals surface area contributed by atoms with E-state index in [1.54, 1.807) is 19.2 Å². The first-order valence-corrected chi connectivity index (χ1v) is 10.9. The average Bonchev–Trinajstić information content (AvgIpc) is 2.96. The molecule has 0 aliphatic heterocycles. The van der Waals surface area contributed by atoms with E-state index in [1.807, 2.05) is 12.1 Å². The number of hydrogen-bond donors (Lipinski definition) is 1. The Morgan fingerprint density at radius 3 is 2.54 bits per heavy atom. The van der Waals surface area contributed by atoms with Gasteiger partial charge < -0.3 is 14.8 Å². The van der Waals surface area contributed by atoms with E-state index in [0.29, 0.717) is 34.7 Å². The lowest BCUT2D eigenvalue weighted by Crippen LogP contribution is -2.28. The van der Waals surface area contributed by atoms with Gasteiger partial charge in [0.1, 0.15) is 12.4 Å². The maximum Gasteiger partial charge on any atom is 0.167 e. The lowest BCUT2D eigenvalue weighted by atomic mass is 10.1. The molecule has 0 bridgehead atoms.